The van der Waals surface area contributed by atoms with Gasteiger partial charge in [-0.1, -0.05) is 25.5 Å². The van der Waals surface area contributed by atoms with Crippen molar-refractivity contribution in [1.82, 2.24) is 4.90 Å². The normalized spacial score (nSPS) is 15.1. The molecule has 0 saturated carbocycles. The molecule has 1 aliphatic heterocycles. The zero-order valence-electron chi connectivity index (χ0n) is 14.3. The maximum atomic E-state index is 11.6. The Balaban J connectivity index is 0.00000264. The van der Waals surface area contributed by atoms with Crippen molar-refractivity contribution in [3.8, 4) is 0 Å². The summed E-state index contributed by atoms with van der Waals surface area (Å²) in [6.45, 7) is 9.67. The van der Waals surface area contributed by atoms with Gasteiger partial charge in [0.25, 0.3) is 0 Å². The first-order valence-electron chi connectivity index (χ1n) is 8.38. The summed E-state index contributed by atoms with van der Waals surface area (Å²) in [6, 6.07) is 8.65. The van der Waals surface area contributed by atoms with Gasteiger partial charge in [-0.05, 0) is 31.0 Å². The number of nitrogens with zero attached hydrogens (tertiary/aromatic N) is 2. The Kier molecular flexibility index (Phi) is 9.03. The van der Waals surface area contributed by atoms with Crippen molar-refractivity contribution in [2.75, 3.05) is 44.2 Å². The minimum Gasteiger partial charge on any atom is -0.466 e. The van der Waals surface area contributed by atoms with Gasteiger partial charge in [0.2, 0.25) is 0 Å². The van der Waals surface area contributed by atoms with E-state index in [1.54, 1.807) is 0 Å². The lowest BCUT2D eigenvalue weighted by atomic mass is 10.2. The summed E-state index contributed by atoms with van der Waals surface area (Å²) in [5.41, 5.74) is 2.60. The quantitative estimate of drug-likeness (QED) is 0.563. The minimum atomic E-state index is -0.0606. The summed E-state index contributed by atoms with van der Waals surface area (Å²) in [7, 11) is 0. The highest BCUT2D eigenvalue weighted by Crippen LogP contribution is 2.17. The molecule has 0 unspecified atom stereocenters. The molecule has 5 heteroatoms. The number of piperazine rings is 1. The van der Waals surface area contributed by atoms with E-state index in [2.05, 4.69) is 47.9 Å². The summed E-state index contributed by atoms with van der Waals surface area (Å²) < 4.78 is 5.20. The van der Waals surface area contributed by atoms with Crippen LogP contribution >= 0.6 is 12.4 Å². The highest BCUT2D eigenvalue weighted by molar-refractivity contribution is 5.85. The summed E-state index contributed by atoms with van der Waals surface area (Å²) in [5.74, 6) is -0.0606. The number of carbonyl (C=O) groups excluding carboxylic acids is 1. The molecule has 1 aliphatic rings. The average Bonchev–Trinajstić information content (AvgIpc) is 2.54. The smallest absolute Gasteiger partial charge is 0.307 e. The average molecular weight is 341 g/mol. The zero-order chi connectivity index (χ0) is 15.8. The molecule has 2 rings (SSSR count). The number of hydrogen-bond donors (Lipinski definition) is 0. The molecular weight excluding hydrogens is 312 g/mol. The van der Waals surface area contributed by atoms with E-state index in [4.69, 9.17) is 4.74 Å². The van der Waals surface area contributed by atoms with Crippen molar-refractivity contribution in [1.29, 1.82) is 0 Å². The predicted octanol–water partition coefficient (Wildman–Crippen LogP) is 3.27. The Morgan fingerprint density at radius 2 is 1.96 bits per heavy atom. The number of aryl methyl sites for hydroxylation is 1. The van der Waals surface area contributed by atoms with Crippen LogP contribution < -0.4 is 4.90 Å². The van der Waals surface area contributed by atoms with Gasteiger partial charge in [-0.2, -0.15) is 0 Å². The van der Waals surface area contributed by atoms with Gasteiger partial charge < -0.3 is 9.64 Å². The Hall–Kier alpha value is -1.26. The van der Waals surface area contributed by atoms with E-state index in [0.717, 1.165) is 45.6 Å². The van der Waals surface area contributed by atoms with Crippen LogP contribution in [0.1, 0.15) is 31.7 Å². The van der Waals surface area contributed by atoms with Gasteiger partial charge in [0, 0.05) is 38.4 Å². The maximum absolute atomic E-state index is 11.6. The van der Waals surface area contributed by atoms with Crippen LogP contribution in [-0.2, 0) is 9.53 Å². The number of rotatable bonds is 7. The fourth-order valence-electron chi connectivity index (χ4n) is 2.71. The molecule has 1 aromatic carbocycles. The standard InChI is InChI=1S/C18H28N2O2.ClH/c1-3-4-14-22-18(21)8-9-19-10-12-20(13-11-19)17-7-5-6-16(2)15-17;/h5-7,15H,3-4,8-14H2,1-2H3;1H. The van der Waals surface area contributed by atoms with Crippen LogP contribution in [0, 0.1) is 6.92 Å². The third-order valence-corrected chi connectivity index (χ3v) is 4.13. The number of halogens is 1. The number of hydrogen-bond acceptors (Lipinski definition) is 4. The Bertz CT molecular complexity index is 474. The molecule has 1 heterocycles. The van der Waals surface area contributed by atoms with Crippen molar-refractivity contribution in [2.24, 2.45) is 0 Å². The predicted molar refractivity (Wildman–Crippen MR) is 97.6 cm³/mol. The van der Waals surface area contributed by atoms with Crippen LogP contribution in [0.3, 0.4) is 0 Å². The van der Waals surface area contributed by atoms with Gasteiger partial charge in [0.1, 0.15) is 0 Å². The molecule has 0 spiro atoms. The van der Waals surface area contributed by atoms with Crippen molar-refractivity contribution in [3.05, 3.63) is 29.8 Å². The van der Waals surface area contributed by atoms with Gasteiger partial charge in [-0.15, -0.1) is 12.4 Å². The Labute approximate surface area is 146 Å². The molecule has 0 atom stereocenters. The third kappa shape index (κ3) is 6.80. The molecule has 0 radical (unpaired) electrons. The van der Waals surface area contributed by atoms with E-state index in [1.807, 2.05) is 0 Å². The highest BCUT2D eigenvalue weighted by Gasteiger charge is 2.18. The van der Waals surface area contributed by atoms with E-state index in [1.165, 1.54) is 11.3 Å². The second kappa shape index (κ2) is 10.5. The highest BCUT2D eigenvalue weighted by atomic mass is 35.5. The summed E-state index contributed by atoms with van der Waals surface area (Å²) in [6.07, 6.45) is 2.53. The van der Waals surface area contributed by atoms with Gasteiger partial charge in [0.15, 0.2) is 0 Å². The maximum Gasteiger partial charge on any atom is 0.307 e. The fraction of sp³-hybridized carbons (Fsp3) is 0.611. The number of benzene rings is 1. The lowest BCUT2D eigenvalue weighted by Crippen LogP contribution is -2.47. The summed E-state index contributed by atoms with van der Waals surface area (Å²) in [5, 5.41) is 0. The number of ether oxygens (including phenoxy) is 1. The van der Waals surface area contributed by atoms with Crippen LogP contribution in [0.2, 0.25) is 0 Å². The first kappa shape index (κ1) is 19.8. The van der Waals surface area contributed by atoms with Crippen LogP contribution in [0.25, 0.3) is 0 Å². The summed E-state index contributed by atoms with van der Waals surface area (Å²) >= 11 is 0. The third-order valence-electron chi connectivity index (χ3n) is 4.13. The van der Waals surface area contributed by atoms with Gasteiger partial charge in [-0.25, -0.2) is 0 Å². The topological polar surface area (TPSA) is 32.8 Å². The van der Waals surface area contributed by atoms with E-state index in [9.17, 15) is 4.79 Å². The van der Waals surface area contributed by atoms with E-state index in [0.29, 0.717) is 13.0 Å². The first-order chi connectivity index (χ1) is 10.7. The first-order valence-corrected chi connectivity index (χ1v) is 8.38. The minimum absolute atomic E-state index is 0. The van der Waals surface area contributed by atoms with Gasteiger partial charge >= 0.3 is 5.97 Å². The lowest BCUT2D eigenvalue weighted by molar-refractivity contribution is -0.144. The van der Waals surface area contributed by atoms with Crippen LogP contribution in [0.4, 0.5) is 5.69 Å². The molecule has 23 heavy (non-hydrogen) atoms. The van der Waals surface area contributed by atoms with Crippen molar-refractivity contribution in [3.63, 3.8) is 0 Å². The molecule has 1 aromatic rings. The van der Waals surface area contributed by atoms with E-state index >= 15 is 0 Å². The van der Waals surface area contributed by atoms with Crippen molar-refractivity contribution < 1.29 is 9.53 Å². The Morgan fingerprint density at radius 1 is 1.22 bits per heavy atom. The monoisotopic (exact) mass is 340 g/mol. The molecule has 0 aromatic heterocycles. The molecule has 0 amide bonds. The molecule has 4 nitrogen and oxygen atoms in total. The lowest BCUT2D eigenvalue weighted by Gasteiger charge is -2.36. The van der Waals surface area contributed by atoms with Crippen molar-refractivity contribution in [2.45, 2.75) is 33.1 Å². The largest absolute Gasteiger partial charge is 0.466 e. The molecule has 0 aliphatic carbocycles. The summed E-state index contributed by atoms with van der Waals surface area (Å²) in [4.78, 5) is 16.4. The number of carbonyl (C=O) groups is 1. The second-order valence-electron chi connectivity index (χ2n) is 5.99. The number of unbranched alkanes of at least 4 members (excludes halogenated alkanes) is 1. The molecule has 1 fully saturated rings. The zero-order valence-corrected chi connectivity index (χ0v) is 15.1. The molecule has 130 valence electrons. The molecule has 1 saturated heterocycles. The number of anilines is 1. The molecule has 0 N–H and O–H groups in total. The van der Waals surface area contributed by atoms with Crippen LogP contribution in [-0.4, -0.2) is 50.2 Å². The van der Waals surface area contributed by atoms with E-state index < -0.39 is 0 Å². The van der Waals surface area contributed by atoms with Crippen molar-refractivity contribution >= 4 is 24.1 Å². The Morgan fingerprint density at radius 3 is 2.61 bits per heavy atom. The SMILES string of the molecule is CCCCOC(=O)CCN1CCN(c2cccc(C)c2)CC1.Cl. The fourth-order valence-corrected chi connectivity index (χ4v) is 2.71. The molecule has 0 bridgehead atoms. The number of esters is 1. The van der Waals surface area contributed by atoms with Crippen LogP contribution in [0.5, 0.6) is 0 Å². The van der Waals surface area contributed by atoms with Gasteiger partial charge in [-0.3, -0.25) is 9.69 Å². The second-order valence-corrected chi connectivity index (χ2v) is 5.99. The van der Waals surface area contributed by atoms with E-state index in [-0.39, 0.29) is 18.4 Å². The van der Waals surface area contributed by atoms with Crippen LogP contribution in [0.15, 0.2) is 24.3 Å². The molecular formula is C18H29ClN2O2. The van der Waals surface area contributed by atoms with Gasteiger partial charge in [0.05, 0.1) is 13.0 Å².